The summed E-state index contributed by atoms with van der Waals surface area (Å²) < 4.78 is 34.6. The van der Waals surface area contributed by atoms with Crippen LogP contribution in [0.25, 0.3) is 0 Å². The summed E-state index contributed by atoms with van der Waals surface area (Å²) in [5, 5.41) is 2.34. The van der Waals surface area contributed by atoms with Crippen molar-refractivity contribution in [1.82, 2.24) is 5.32 Å². The van der Waals surface area contributed by atoms with E-state index >= 15 is 0 Å². The average molecular weight is 155 g/mol. The Bertz CT molecular complexity index is 86.5. The molecule has 0 rings (SSSR count). The predicted molar refractivity (Wildman–Crippen MR) is 33.8 cm³/mol. The van der Waals surface area contributed by atoms with Crippen molar-refractivity contribution in [1.29, 1.82) is 0 Å². The van der Waals surface area contributed by atoms with Crippen molar-refractivity contribution in [3.05, 3.63) is 0 Å². The van der Waals surface area contributed by atoms with Gasteiger partial charge >= 0.3 is 6.18 Å². The van der Waals surface area contributed by atoms with Crippen LogP contribution in [-0.2, 0) is 0 Å². The lowest BCUT2D eigenvalue weighted by molar-refractivity contribution is -0.127. The van der Waals surface area contributed by atoms with Gasteiger partial charge < -0.3 is 5.32 Å². The maximum atomic E-state index is 11.5. The van der Waals surface area contributed by atoms with Gasteiger partial charge in [0.1, 0.15) is 0 Å². The van der Waals surface area contributed by atoms with Gasteiger partial charge in [-0.15, -0.1) is 0 Å². The van der Waals surface area contributed by atoms with E-state index in [0.29, 0.717) is 0 Å². The minimum absolute atomic E-state index is 0.463. The Labute approximate surface area is 58.6 Å². The predicted octanol–water partition coefficient (Wildman–Crippen LogP) is 1.94. The summed E-state index contributed by atoms with van der Waals surface area (Å²) in [6, 6.07) is 0. The second-order valence-corrected chi connectivity index (χ2v) is 3.22. The van der Waals surface area contributed by atoms with E-state index in [0.717, 1.165) is 0 Å². The fourth-order valence-electron chi connectivity index (χ4n) is 0.365. The highest BCUT2D eigenvalue weighted by Crippen LogP contribution is 2.14. The molecular formula is C6H12F3N. The molecule has 1 nitrogen and oxygen atoms in total. The van der Waals surface area contributed by atoms with Crippen molar-refractivity contribution in [2.45, 2.75) is 32.5 Å². The molecule has 0 aliphatic heterocycles. The molecule has 0 bridgehead atoms. The Morgan fingerprint density at radius 2 is 1.50 bits per heavy atom. The zero-order valence-corrected chi connectivity index (χ0v) is 6.34. The van der Waals surface area contributed by atoms with Crippen LogP contribution in [-0.4, -0.2) is 18.3 Å². The number of alkyl halides is 3. The number of rotatable bonds is 1. The highest BCUT2D eigenvalue weighted by molar-refractivity contribution is 4.71. The van der Waals surface area contributed by atoms with Crippen molar-refractivity contribution >= 4 is 0 Å². The van der Waals surface area contributed by atoms with Crippen LogP contribution in [0.5, 0.6) is 0 Å². The molecule has 62 valence electrons. The summed E-state index contributed by atoms with van der Waals surface area (Å²) in [4.78, 5) is 0. The lowest BCUT2D eigenvalue weighted by Gasteiger charge is -2.21. The SMILES string of the molecule is CC(C)(C)NCC(F)(F)F. The molecule has 0 atom stereocenters. The first-order valence-electron chi connectivity index (χ1n) is 3.02. The van der Waals surface area contributed by atoms with Crippen LogP contribution in [0.1, 0.15) is 20.8 Å². The van der Waals surface area contributed by atoms with Gasteiger partial charge in [0.25, 0.3) is 0 Å². The Balaban J connectivity index is 3.56. The first-order valence-corrected chi connectivity index (χ1v) is 3.02. The molecule has 0 aliphatic rings. The van der Waals surface area contributed by atoms with E-state index in [1.165, 1.54) is 0 Å². The van der Waals surface area contributed by atoms with Gasteiger partial charge in [0.05, 0.1) is 6.54 Å². The smallest absolute Gasteiger partial charge is 0.304 e. The summed E-state index contributed by atoms with van der Waals surface area (Å²) in [5.74, 6) is 0. The molecule has 0 fully saturated rings. The third-order valence-corrected chi connectivity index (χ3v) is 0.819. The van der Waals surface area contributed by atoms with Crippen LogP contribution in [0, 0.1) is 0 Å². The molecule has 0 radical (unpaired) electrons. The zero-order valence-electron chi connectivity index (χ0n) is 6.34. The van der Waals surface area contributed by atoms with Crippen LogP contribution in [0.4, 0.5) is 13.2 Å². The maximum Gasteiger partial charge on any atom is 0.401 e. The quantitative estimate of drug-likeness (QED) is 0.610. The van der Waals surface area contributed by atoms with E-state index in [4.69, 9.17) is 0 Å². The Kier molecular flexibility index (Phi) is 2.71. The fourth-order valence-corrected chi connectivity index (χ4v) is 0.365. The van der Waals surface area contributed by atoms with Crippen molar-refractivity contribution in [3.8, 4) is 0 Å². The van der Waals surface area contributed by atoms with Crippen molar-refractivity contribution in [2.24, 2.45) is 0 Å². The first-order chi connectivity index (χ1) is 4.21. The molecule has 0 aromatic carbocycles. The van der Waals surface area contributed by atoms with Crippen LogP contribution < -0.4 is 5.32 Å². The lowest BCUT2D eigenvalue weighted by atomic mass is 10.1. The van der Waals surface area contributed by atoms with Crippen LogP contribution in [0.3, 0.4) is 0 Å². The Hall–Kier alpha value is -0.250. The minimum Gasteiger partial charge on any atom is -0.304 e. The summed E-state index contributed by atoms with van der Waals surface area (Å²) in [5.41, 5.74) is -0.463. The van der Waals surface area contributed by atoms with Gasteiger partial charge in [-0.25, -0.2) is 0 Å². The molecule has 0 saturated heterocycles. The lowest BCUT2D eigenvalue weighted by Crippen LogP contribution is -2.41. The molecule has 10 heavy (non-hydrogen) atoms. The molecule has 0 aromatic heterocycles. The van der Waals surface area contributed by atoms with Gasteiger partial charge in [0.2, 0.25) is 0 Å². The second-order valence-electron chi connectivity index (χ2n) is 3.22. The molecule has 0 heterocycles. The largest absolute Gasteiger partial charge is 0.401 e. The van der Waals surface area contributed by atoms with E-state index in [1.54, 1.807) is 20.8 Å². The van der Waals surface area contributed by atoms with Crippen molar-refractivity contribution < 1.29 is 13.2 Å². The van der Waals surface area contributed by atoms with Gasteiger partial charge in [-0.3, -0.25) is 0 Å². The molecular weight excluding hydrogens is 143 g/mol. The molecule has 0 aromatic rings. The van der Waals surface area contributed by atoms with Crippen LogP contribution in [0.2, 0.25) is 0 Å². The van der Waals surface area contributed by atoms with E-state index in [9.17, 15) is 13.2 Å². The minimum atomic E-state index is -4.10. The zero-order chi connectivity index (χ0) is 8.41. The summed E-state index contributed by atoms with van der Waals surface area (Å²) >= 11 is 0. The number of nitrogens with one attached hydrogen (secondary N) is 1. The highest BCUT2D eigenvalue weighted by atomic mass is 19.4. The summed E-state index contributed by atoms with van der Waals surface area (Å²) in [7, 11) is 0. The number of hydrogen-bond donors (Lipinski definition) is 1. The number of hydrogen-bond acceptors (Lipinski definition) is 1. The van der Waals surface area contributed by atoms with E-state index in [1.807, 2.05) is 0 Å². The van der Waals surface area contributed by atoms with Crippen molar-refractivity contribution in [2.75, 3.05) is 6.54 Å². The number of halogens is 3. The Morgan fingerprint density at radius 1 is 1.10 bits per heavy atom. The van der Waals surface area contributed by atoms with Gasteiger partial charge in [-0.2, -0.15) is 13.2 Å². The van der Waals surface area contributed by atoms with Gasteiger partial charge in [0.15, 0.2) is 0 Å². The fraction of sp³-hybridized carbons (Fsp3) is 1.00. The van der Waals surface area contributed by atoms with E-state index < -0.39 is 18.3 Å². The molecule has 0 saturated carbocycles. The molecule has 0 unspecified atom stereocenters. The molecule has 4 heteroatoms. The summed E-state index contributed by atoms with van der Waals surface area (Å²) in [6.45, 7) is 4.16. The van der Waals surface area contributed by atoms with Crippen LogP contribution >= 0.6 is 0 Å². The topological polar surface area (TPSA) is 12.0 Å². The third kappa shape index (κ3) is 7.75. The first kappa shape index (κ1) is 9.75. The van der Waals surface area contributed by atoms with Gasteiger partial charge in [-0.1, -0.05) is 0 Å². The maximum absolute atomic E-state index is 11.5. The molecule has 0 amide bonds. The monoisotopic (exact) mass is 155 g/mol. The van der Waals surface area contributed by atoms with E-state index in [-0.39, 0.29) is 0 Å². The van der Waals surface area contributed by atoms with Gasteiger partial charge in [0, 0.05) is 5.54 Å². The van der Waals surface area contributed by atoms with Crippen LogP contribution in [0.15, 0.2) is 0 Å². The molecule has 0 aliphatic carbocycles. The van der Waals surface area contributed by atoms with Gasteiger partial charge in [-0.05, 0) is 20.8 Å². The average Bonchev–Trinajstić information content (AvgIpc) is 1.57. The second kappa shape index (κ2) is 2.78. The molecule has 0 spiro atoms. The van der Waals surface area contributed by atoms with E-state index in [2.05, 4.69) is 5.32 Å². The molecule has 1 N–H and O–H groups in total. The normalized spacial score (nSPS) is 13.8. The highest BCUT2D eigenvalue weighted by Gasteiger charge is 2.28. The van der Waals surface area contributed by atoms with Crippen molar-refractivity contribution in [3.63, 3.8) is 0 Å². The standard InChI is InChI=1S/C6H12F3N/c1-5(2,3)10-4-6(7,8)9/h10H,4H2,1-3H3. The summed E-state index contributed by atoms with van der Waals surface area (Å²) in [6.07, 6.45) is -4.10. The Morgan fingerprint density at radius 3 is 1.60 bits per heavy atom. The third-order valence-electron chi connectivity index (χ3n) is 0.819.